The fourth-order valence-electron chi connectivity index (χ4n) is 5.52. The van der Waals surface area contributed by atoms with Crippen molar-refractivity contribution < 1.29 is 8.83 Å². The first kappa shape index (κ1) is 21.7. The van der Waals surface area contributed by atoms with Crippen molar-refractivity contribution in [3.8, 4) is 11.5 Å². The number of rotatable bonds is 4. The van der Waals surface area contributed by atoms with Gasteiger partial charge in [-0.2, -0.15) is 0 Å². The first-order valence-corrected chi connectivity index (χ1v) is 13.0. The van der Waals surface area contributed by atoms with E-state index in [9.17, 15) is 0 Å². The van der Waals surface area contributed by atoms with E-state index < -0.39 is 0 Å². The van der Waals surface area contributed by atoms with Crippen LogP contribution in [0.4, 0.5) is 17.1 Å². The first-order chi connectivity index (χ1) is 19.3. The van der Waals surface area contributed by atoms with Gasteiger partial charge in [-0.05, 0) is 71.4 Å². The lowest BCUT2D eigenvalue weighted by Crippen LogP contribution is -2.10. The number of hydrogen-bond acceptors (Lipinski definition) is 4. The Hall–Kier alpha value is -5.35. The van der Waals surface area contributed by atoms with E-state index in [2.05, 4.69) is 89.8 Å². The van der Waals surface area contributed by atoms with Crippen molar-refractivity contribution in [3.05, 3.63) is 133 Å². The normalized spacial score (nSPS) is 11.6. The van der Waals surface area contributed by atoms with Gasteiger partial charge < -0.3 is 13.7 Å². The van der Waals surface area contributed by atoms with Crippen molar-refractivity contribution in [2.75, 3.05) is 4.90 Å². The molecule has 8 aromatic rings. The second kappa shape index (κ2) is 8.61. The predicted octanol–water partition coefficient (Wildman–Crippen LogP) is 10.0. The zero-order valence-electron chi connectivity index (χ0n) is 20.9. The van der Waals surface area contributed by atoms with Crippen molar-refractivity contribution in [2.24, 2.45) is 0 Å². The van der Waals surface area contributed by atoms with Gasteiger partial charge in [-0.3, -0.25) is 0 Å². The van der Waals surface area contributed by atoms with Gasteiger partial charge in [0.05, 0.1) is 11.1 Å². The number of furan rings is 1. The summed E-state index contributed by atoms with van der Waals surface area (Å²) in [6.45, 7) is 0. The van der Waals surface area contributed by atoms with Crippen molar-refractivity contribution in [2.45, 2.75) is 0 Å². The zero-order chi connectivity index (χ0) is 25.8. The Morgan fingerprint density at radius 3 is 2.08 bits per heavy atom. The van der Waals surface area contributed by atoms with Crippen LogP contribution in [-0.4, -0.2) is 4.98 Å². The van der Waals surface area contributed by atoms with Gasteiger partial charge in [-0.15, -0.1) is 0 Å². The van der Waals surface area contributed by atoms with Gasteiger partial charge in [0.15, 0.2) is 5.58 Å². The Kier molecular flexibility index (Phi) is 4.79. The third-order valence-electron chi connectivity index (χ3n) is 7.27. The van der Waals surface area contributed by atoms with E-state index in [1.807, 2.05) is 48.5 Å². The van der Waals surface area contributed by atoms with E-state index in [-0.39, 0.29) is 0 Å². The molecule has 0 radical (unpaired) electrons. The molecule has 0 atom stereocenters. The molecule has 6 aromatic carbocycles. The maximum absolute atomic E-state index is 6.43. The third-order valence-corrected chi connectivity index (χ3v) is 7.27. The second-order valence-corrected chi connectivity index (χ2v) is 9.62. The highest BCUT2D eigenvalue weighted by Crippen LogP contribution is 2.45. The minimum Gasteiger partial charge on any atom is -0.456 e. The third kappa shape index (κ3) is 3.50. The quantitative estimate of drug-likeness (QED) is 0.240. The van der Waals surface area contributed by atoms with Crippen LogP contribution in [0.15, 0.2) is 142 Å². The summed E-state index contributed by atoms with van der Waals surface area (Å²) in [5, 5.41) is 4.39. The number of nitrogens with zero attached hydrogens (tertiary/aromatic N) is 2. The van der Waals surface area contributed by atoms with Gasteiger partial charge in [-0.1, -0.05) is 72.8 Å². The SMILES string of the molecule is c1ccc(N(c2ccc3ccccc3c2)c2cccc3oc4cccc(-c5nc6ccccc6o5)c4c23)cc1. The van der Waals surface area contributed by atoms with Crippen LogP contribution >= 0.6 is 0 Å². The molecule has 0 fully saturated rings. The lowest BCUT2D eigenvalue weighted by atomic mass is 10.0. The molecule has 39 heavy (non-hydrogen) atoms. The first-order valence-electron chi connectivity index (χ1n) is 13.0. The highest BCUT2D eigenvalue weighted by atomic mass is 16.3. The summed E-state index contributed by atoms with van der Waals surface area (Å²) in [7, 11) is 0. The molecule has 8 rings (SSSR count). The molecule has 0 saturated heterocycles. The van der Waals surface area contributed by atoms with Crippen LogP contribution in [0.3, 0.4) is 0 Å². The molecule has 0 unspecified atom stereocenters. The molecule has 4 heteroatoms. The molecule has 0 saturated carbocycles. The lowest BCUT2D eigenvalue weighted by molar-refractivity contribution is 0.620. The summed E-state index contributed by atoms with van der Waals surface area (Å²) >= 11 is 0. The lowest BCUT2D eigenvalue weighted by Gasteiger charge is -2.26. The second-order valence-electron chi connectivity index (χ2n) is 9.62. The van der Waals surface area contributed by atoms with Crippen LogP contribution in [0.25, 0.3) is 55.3 Å². The largest absolute Gasteiger partial charge is 0.456 e. The van der Waals surface area contributed by atoms with Gasteiger partial charge in [0.1, 0.15) is 16.7 Å². The Bertz CT molecular complexity index is 2110. The highest BCUT2D eigenvalue weighted by Gasteiger charge is 2.22. The molecule has 184 valence electrons. The van der Waals surface area contributed by atoms with Crippen LogP contribution in [0.2, 0.25) is 0 Å². The summed E-state index contributed by atoms with van der Waals surface area (Å²) in [5.74, 6) is 0.580. The van der Waals surface area contributed by atoms with E-state index in [1.54, 1.807) is 0 Å². The zero-order valence-corrected chi connectivity index (χ0v) is 20.9. The number of para-hydroxylation sites is 3. The number of hydrogen-bond donors (Lipinski definition) is 0. The Morgan fingerprint density at radius 2 is 1.21 bits per heavy atom. The molecule has 2 heterocycles. The minimum atomic E-state index is 0.580. The molecule has 0 aliphatic rings. The molecule has 4 nitrogen and oxygen atoms in total. The maximum atomic E-state index is 6.43. The summed E-state index contributed by atoms with van der Waals surface area (Å²) in [6.07, 6.45) is 0. The van der Waals surface area contributed by atoms with Crippen molar-refractivity contribution in [1.82, 2.24) is 4.98 Å². The molecule has 0 bridgehead atoms. The van der Waals surface area contributed by atoms with Gasteiger partial charge in [0.2, 0.25) is 5.89 Å². The molecule has 0 N–H and O–H groups in total. The minimum absolute atomic E-state index is 0.580. The molecule has 0 amide bonds. The average Bonchev–Trinajstić information content (AvgIpc) is 3.60. The van der Waals surface area contributed by atoms with Gasteiger partial charge in [0, 0.05) is 22.3 Å². The van der Waals surface area contributed by atoms with Crippen molar-refractivity contribution >= 4 is 60.9 Å². The van der Waals surface area contributed by atoms with Crippen molar-refractivity contribution in [1.29, 1.82) is 0 Å². The summed E-state index contributed by atoms with van der Waals surface area (Å²) in [4.78, 5) is 7.12. The Balaban J connectivity index is 1.44. The summed E-state index contributed by atoms with van der Waals surface area (Å²) in [6, 6.07) is 45.6. The summed E-state index contributed by atoms with van der Waals surface area (Å²) in [5.41, 5.74) is 7.27. The molecule has 0 aliphatic carbocycles. The molecule has 0 aliphatic heterocycles. The predicted molar refractivity (Wildman–Crippen MR) is 159 cm³/mol. The fraction of sp³-hybridized carbons (Fsp3) is 0. The van der Waals surface area contributed by atoms with E-state index in [4.69, 9.17) is 13.8 Å². The van der Waals surface area contributed by atoms with Crippen LogP contribution in [-0.2, 0) is 0 Å². The average molecular weight is 503 g/mol. The van der Waals surface area contributed by atoms with E-state index in [0.717, 1.165) is 55.7 Å². The number of anilines is 3. The highest BCUT2D eigenvalue weighted by molar-refractivity contribution is 6.18. The van der Waals surface area contributed by atoms with Crippen molar-refractivity contribution in [3.63, 3.8) is 0 Å². The van der Waals surface area contributed by atoms with Crippen LogP contribution in [0.5, 0.6) is 0 Å². The molecular formula is C35H22N2O2. The number of fused-ring (bicyclic) bond motifs is 5. The van der Waals surface area contributed by atoms with E-state index >= 15 is 0 Å². The molecular weight excluding hydrogens is 480 g/mol. The topological polar surface area (TPSA) is 42.4 Å². The van der Waals surface area contributed by atoms with Gasteiger partial charge >= 0.3 is 0 Å². The molecule has 0 spiro atoms. The fourth-order valence-corrected chi connectivity index (χ4v) is 5.52. The summed E-state index contributed by atoms with van der Waals surface area (Å²) < 4.78 is 12.7. The van der Waals surface area contributed by atoms with Crippen LogP contribution < -0.4 is 4.90 Å². The van der Waals surface area contributed by atoms with Crippen LogP contribution in [0.1, 0.15) is 0 Å². The van der Waals surface area contributed by atoms with E-state index in [0.29, 0.717) is 5.89 Å². The number of benzene rings is 6. The number of aromatic nitrogens is 1. The maximum Gasteiger partial charge on any atom is 0.228 e. The standard InChI is InChI=1S/C35H22N2O2/c1-2-12-25(13-3-1)37(26-21-20-23-10-4-5-11-24(23)22-26)29-16-9-19-32-34(29)33-27(14-8-18-31(33)38-32)35-36-28-15-6-7-17-30(28)39-35/h1-22H. The Morgan fingerprint density at radius 1 is 0.487 bits per heavy atom. The van der Waals surface area contributed by atoms with Crippen LogP contribution in [0, 0.1) is 0 Å². The molecule has 2 aromatic heterocycles. The number of oxazole rings is 1. The van der Waals surface area contributed by atoms with Gasteiger partial charge in [-0.25, -0.2) is 4.98 Å². The van der Waals surface area contributed by atoms with Gasteiger partial charge in [0.25, 0.3) is 0 Å². The smallest absolute Gasteiger partial charge is 0.228 e. The Labute approximate surface area is 224 Å². The monoisotopic (exact) mass is 502 g/mol. The van der Waals surface area contributed by atoms with E-state index in [1.165, 1.54) is 10.8 Å².